The molecule has 1 heterocycles. The van der Waals surface area contributed by atoms with Gasteiger partial charge in [0.25, 0.3) is 0 Å². The zero-order chi connectivity index (χ0) is 9.26. The second kappa shape index (κ2) is 3.95. The summed E-state index contributed by atoms with van der Waals surface area (Å²) in [5.74, 6) is 1.42. The molecule has 1 aliphatic carbocycles. The molecule has 76 valence electrons. The normalized spacial score (nSPS) is 36.5. The van der Waals surface area contributed by atoms with E-state index in [1.807, 2.05) is 0 Å². The van der Waals surface area contributed by atoms with Crippen molar-refractivity contribution in [3.8, 4) is 0 Å². The van der Waals surface area contributed by atoms with E-state index in [1.54, 1.807) is 0 Å². The van der Waals surface area contributed by atoms with Crippen molar-refractivity contribution in [2.24, 2.45) is 11.8 Å². The molecule has 2 aliphatic rings. The zero-order valence-corrected chi connectivity index (χ0v) is 8.45. The molecule has 0 radical (unpaired) electrons. The molecule has 0 unspecified atom stereocenters. The van der Waals surface area contributed by atoms with Crippen molar-refractivity contribution < 1.29 is 5.11 Å². The summed E-state index contributed by atoms with van der Waals surface area (Å²) in [6.07, 6.45) is 1.25. The lowest BCUT2D eigenvalue weighted by atomic mass is 10.2. The number of piperazine rings is 1. The van der Waals surface area contributed by atoms with Crippen LogP contribution in [0.15, 0.2) is 0 Å². The van der Waals surface area contributed by atoms with Crippen molar-refractivity contribution in [1.82, 2.24) is 9.80 Å². The molecule has 3 nitrogen and oxygen atoms in total. The summed E-state index contributed by atoms with van der Waals surface area (Å²) in [5.41, 5.74) is 0. The van der Waals surface area contributed by atoms with Crippen LogP contribution in [0.3, 0.4) is 0 Å². The van der Waals surface area contributed by atoms with Crippen LogP contribution in [0.5, 0.6) is 0 Å². The molecule has 0 spiro atoms. The smallest absolute Gasteiger partial charge is 0.0462 e. The van der Waals surface area contributed by atoms with E-state index < -0.39 is 0 Å². The van der Waals surface area contributed by atoms with Crippen molar-refractivity contribution in [3.63, 3.8) is 0 Å². The van der Waals surface area contributed by atoms with Crippen LogP contribution in [-0.4, -0.2) is 61.3 Å². The van der Waals surface area contributed by atoms with Gasteiger partial charge >= 0.3 is 0 Å². The third-order valence-electron chi connectivity index (χ3n) is 3.39. The standard InChI is InChI=1S/C10H20N2O/c1-11-2-4-12(5-3-11)7-9-6-10(9)8-13/h9-10,13H,2-8H2,1H3/t9-,10+/m0/s1. The lowest BCUT2D eigenvalue weighted by Gasteiger charge is -2.32. The van der Waals surface area contributed by atoms with Gasteiger partial charge in [-0.2, -0.15) is 0 Å². The van der Waals surface area contributed by atoms with Crippen LogP contribution in [0.1, 0.15) is 6.42 Å². The van der Waals surface area contributed by atoms with Crippen molar-refractivity contribution in [2.45, 2.75) is 6.42 Å². The molecule has 1 saturated heterocycles. The minimum Gasteiger partial charge on any atom is -0.396 e. The third-order valence-corrected chi connectivity index (χ3v) is 3.39. The minimum atomic E-state index is 0.401. The summed E-state index contributed by atoms with van der Waals surface area (Å²) < 4.78 is 0. The first-order chi connectivity index (χ1) is 6.29. The highest BCUT2D eigenvalue weighted by molar-refractivity contribution is 4.88. The molecule has 2 rings (SSSR count). The summed E-state index contributed by atoms with van der Waals surface area (Å²) in [7, 11) is 2.19. The summed E-state index contributed by atoms with van der Waals surface area (Å²) in [5, 5.41) is 8.92. The third kappa shape index (κ3) is 2.42. The molecule has 1 N–H and O–H groups in total. The van der Waals surface area contributed by atoms with E-state index in [9.17, 15) is 0 Å². The number of hydrogen-bond donors (Lipinski definition) is 1. The monoisotopic (exact) mass is 184 g/mol. The summed E-state index contributed by atoms with van der Waals surface area (Å²) in [6, 6.07) is 0. The Morgan fingerprint density at radius 3 is 2.38 bits per heavy atom. The maximum absolute atomic E-state index is 8.92. The van der Waals surface area contributed by atoms with Crippen LogP contribution in [0.4, 0.5) is 0 Å². The van der Waals surface area contributed by atoms with Crippen molar-refractivity contribution in [1.29, 1.82) is 0 Å². The molecule has 0 bridgehead atoms. The second-order valence-corrected chi connectivity index (χ2v) is 4.54. The van der Waals surface area contributed by atoms with Gasteiger partial charge in [-0.25, -0.2) is 0 Å². The maximum atomic E-state index is 8.92. The lowest BCUT2D eigenvalue weighted by molar-refractivity contribution is 0.145. The van der Waals surface area contributed by atoms with Gasteiger partial charge in [0.05, 0.1) is 0 Å². The van der Waals surface area contributed by atoms with Gasteiger partial charge in [-0.1, -0.05) is 0 Å². The molecule has 1 aliphatic heterocycles. The highest BCUT2D eigenvalue weighted by Crippen LogP contribution is 2.38. The van der Waals surface area contributed by atoms with Crippen LogP contribution in [0, 0.1) is 11.8 Å². The Morgan fingerprint density at radius 1 is 1.15 bits per heavy atom. The van der Waals surface area contributed by atoms with Gasteiger partial charge in [0.15, 0.2) is 0 Å². The second-order valence-electron chi connectivity index (χ2n) is 4.54. The van der Waals surface area contributed by atoms with Crippen molar-refractivity contribution in [3.05, 3.63) is 0 Å². The average molecular weight is 184 g/mol. The number of rotatable bonds is 3. The molecule has 0 aromatic heterocycles. The first-order valence-electron chi connectivity index (χ1n) is 5.31. The molecular weight excluding hydrogens is 164 g/mol. The Morgan fingerprint density at radius 2 is 1.85 bits per heavy atom. The van der Waals surface area contributed by atoms with Gasteiger partial charge in [-0.05, 0) is 25.3 Å². The fraction of sp³-hybridized carbons (Fsp3) is 1.00. The van der Waals surface area contributed by atoms with Crippen LogP contribution in [-0.2, 0) is 0 Å². The van der Waals surface area contributed by atoms with Gasteiger partial charge in [-0.15, -0.1) is 0 Å². The molecule has 13 heavy (non-hydrogen) atoms. The Balaban J connectivity index is 1.66. The van der Waals surface area contributed by atoms with Crippen LogP contribution in [0.2, 0.25) is 0 Å². The van der Waals surface area contributed by atoms with Gasteiger partial charge < -0.3 is 14.9 Å². The van der Waals surface area contributed by atoms with E-state index in [1.165, 1.54) is 39.1 Å². The molecule has 0 aromatic carbocycles. The molecule has 2 fully saturated rings. The highest BCUT2D eigenvalue weighted by Gasteiger charge is 2.37. The molecule has 2 atom stereocenters. The van der Waals surface area contributed by atoms with Crippen LogP contribution >= 0.6 is 0 Å². The van der Waals surface area contributed by atoms with Gasteiger partial charge in [0.1, 0.15) is 0 Å². The first-order valence-corrected chi connectivity index (χ1v) is 5.31. The highest BCUT2D eigenvalue weighted by atomic mass is 16.3. The lowest BCUT2D eigenvalue weighted by Crippen LogP contribution is -2.45. The van der Waals surface area contributed by atoms with Gasteiger partial charge in [0, 0.05) is 39.3 Å². The largest absolute Gasteiger partial charge is 0.396 e. The Bertz CT molecular complexity index is 166. The number of hydrogen-bond acceptors (Lipinski definition) is 3. The maximum Gasteiger partial charge on any atom is 0.0462 e. The number of nitrogens with zero attached hydrogens (tertiary/aromatic N) is 2. The molecule has 0 amide bonds. The molecule has 3 heteroatoms. The topological polar surface area (TPSA) is 26.7 Å². The molecule has 1 saturated carbocycles. The Labute approximate surface area is 80.3 Å². The summed E-state index contributed by atoms with van der Waals surface area (Å²) in [6.45, 7) is 6.46. The van der Waals surface area contributed by atoms with Gasteiger partial charge in [-0.3, -0.25) is 0 Å². The van der Waals surface area contributed by atoms with E-state index in [-0.39, 0.29) is 0 Å². The Kier molecular flexibility index (Phi) is 2.86. The quantitative estimate of drug-likeness (QED) is 0.661. The Hall–Kier alpha value is -0.120. The van der Waals surface area contributed by atoms with E-state index in [4.69, 9.17) is 5.11 Å². The number of likely N-dealkylation sites (N-methyl/N-ethyl adjacent to an activating group) is 1. The summed E-state index contributed by atoms with van der Waals surface area (Å²) in [4.78, 5) is 4.92. The average Bonchev–Trinajstić information content (AvgIpc) is 2.88. The predicted molar refractivity (Wildman–Crippen MR) is 52.6 cm³/mol. The SMILES string of the molecule is CN1CCN(C[C@@H]2C[C@@H]2CO)CC1. The van der Waals surface area contributed by atoms with E-state index in [0.29, 0.717) is 12.5 Å². The first kappa shape index (κ1) is 9.44. The van der Waals surface area contributed by atoms with E-state index in [2.05, 4.69) is 16.8 Å². The van der Waals surface area contributed by atoms with Crippen molar-refractivity contribution in [2.75, 3.05) is 46.4 Å². The van der Waals surface area contributed by atoms with Crippen LogP contribution in [0.25, 0.3) is 0 Å². The fourth-order valence-electron chi connectivity index (χ4n) is 2.12. The minimum absolute atomic E-state index is 0.401. The number of aliphatic hydroxyl groups is 1. The van der Waals surface area contributed by atoms with E-state index in [0.717, 1.165) is 5.92 Å². The zero-order valence-electron chi connectivity index (χ0n) is 8.45. The van der Waals surface area contributed by atoms with E-state index >= 15 is 0 Å². The van der Waals surface area contributed by atoms with Gasteiger partial charge in [0.2, 0.25) is 0 Å². The number of aliphatic hydroxyl groups excluding tert-OH is 1. The summed E-state index contributed by atoms with van der Waals surface area (Å²) >= 11 is 0. The molecular formula is C10H20N2O. The molecule has 0 aromatic rings. The van der Waals surface area contributed by atoms with Crippen molar-refractivity contribution >= 4 is 0 Å². The predicted octanol–water partition coefficient (Wildman–Crippen LogP) is -0.138. The fourth-order valence-corrected chi connectivity index (χ4v) is 2.12. The van der Waals surface area contributed by atoms with Crippen LogP contribution < -0.4 is 0 Å².